The van der Waals surface area contributed by atoms with Crippen LogP contribution in [0, 0.1) is 5.82 Å². The van der Waals surface area contributed by atoms with Gasteiger partial charge in [0, 0.05) is 31.1 Å². The second-order valence-corrected chi connectivity index (χ2v) is 6.17. The first kappa shape index (κ1) is 15.7. The highest BCUT2D eigenvalue weighted by Crippen LogP contribution is 2.30. The Morgan fingerprint density at radius 3 is 3.00 bits per heavy atom. The van der Waals surface area contributed by atoms with Crippen LogP contribution in [-0.4, -0.2) is 41.6 Å². The van der Waals surface area contributed by atoms with Gasteiger partial charge in [-0.15, -0.1) is 0 Å². The first-order valence-corrected chi connectivity index (χ1v) is 8.40. The number of thiazole rings is 1. The summed E-state index contributed by atoms with van der Waals surface area (Å²) in [6, 6.07) is 1.19. The molecule has 0 saturated carbocycles. The van der Waals surface area contributed by atoms with E-state index in [9.17, 15) is 9.18 Å². The third kappa shape index (κ3) is 4.15. The normalized spacial score (nSPS) is 10.4. The van der Waals surface area contributed by atoms with Crippen LogP contribution in [0.5, 0.6) is 0 Å². The molecule has 0 spiro atoms. The predicted octanol–water partition coefficient (Wildman–Crippen LogP) is 2.85. The number of amides is 2. The maximum absolute atomic E-state index is 13.2. The van der Waals surface area contributed by atoms with Gasteiger partial charge in [0.1, 0.15) is 15.8 Å². The van der Waals surface area contributed by atoms with Gasteiger partial charge in [0.15, 0.2) is 0 Å². The van der Waals surface area contributed by atoms with E-state index < -0.39 is 5.82 Å². The Labute approximate surface area is 130 Å². The smallest absolute Gasteiger partial charge is 0.322 e. The first-order valence-electron chi connectivity index (χ1n) is 6.19. The van der Waals surface area contributed by atoms with Gasteiger partial charge in [-0.05, 0) is 12.3 Å². The lowest BCUT2D eigenvalue weighted by molar-refractivity contribution is 0.248. The molecule has 0 bridgehead atoms. The molecule has 21 heavy (non-hydrogen) atoms. The summed E-state index contributed by atoms with van der Waals surface area (Å²) in [5.74, 6) is 0.454. The van der Waals surface area contributed by atoms with Gasteiger partial charge < -0.3 is 5.32 Å². The van der Waals surface area contributed by atoms with Gasteiger partial charge in [0.05, 0.1) is 12.4 Å². The number of anilines is 1. The summed E-state index contributed by atoms with van der Waals surface area (Å²) in [5.41, 5.74) is 0.599. The van der Waals surface area contributed by atoms with Crippen molar-refractivity contribution in [3.8, 4) is 10.6 Å². The molecule has 2 aromatic heterocycles. The number of halogens is 1. The number of carbonyl (C=O) groups excluding carboxylic acids is 1. The summed E-state index contributed by atoms with van der Waals surface area (Å²) in [6.07, 6.45) is 6.27. The number of rotatable bonds is 5. The van der Waals surface area contributed by atoms with Gasteiger partial charge in [0.25, 0.3) is 0 Å². The molecule has 2 aromatic rings. The van der Waals surface area contributed by atoms with Crippen molar-refractivity contribution in [2.75, 3.05) is 30.5 Å². The summed E-state index contributed by atoms with van der Waals surface area (Å²) in [4.78, 5) is 21.4. The number of hydrogen-bond donors (Lipinski definition) is 1. The molecule has 112 valence electrons. The maximum Gasteiger partial charge on any atom is 0.322 e. The molecule has 0 aliphatic carbocycles. The standard InChI is InChI=1S/C13H15FN4OS2/c1-18(13(19)16-3-4-20-2)11-8-17-12(21-11)9-5-10(14)7-15-6-9/h5-8H,3-4H2,1-2H3,(H,16,19). The lowest BCUT2D eigenvalue weighted by Crippen LogP contribution is -2.37. The molecular weight excluding hydrogens is 311 g/mol. The van der Waals surface area contributed by atoms with E-state index in [1.54, 1.807) is 31.2 Å². The van der Waals surface area contributed by atoms with Crippen molar-refractivity contribution >= 4 is 34.1 Å². The third-order valence-corrected chi connectivity index (χ3v) is 4.40. The Bertz CT molecular complexity index is 620. The van der Waals surface area contributed by atoms with Crippen LogP contribution in [0.1, 0.15) is 0 Å². The van der Waals surface area contributed by atoms with Crippen LogP contribution in [0.25, 0.3) is 10.6 Å². The predicted molar refractivity (Wildman–Crippen MR) is 85.5 cm³/mol. The molecule has 0 fully saturated rings. The van der Waals surface area contributed by atoms with Crippen LogP contribution in [0.3, 0.4) is 0 Å². The Kier molecular flexibility index (Phi) is 5.51. The van der Waals surface area contributed by atoms with Crippen LogP contribution in [0.15, 0.2) is 24.7 Å². The molecule has 0 aromatic carbocycles. The molecule has 0 aliphatic heterocycles. The third-order valence-electron chi connectivity index (χ3n) is 2.66. The average Bonchev–Trinajstić information content (AvgIpc) is 2.96. The zero-order valence-corrected chi connectivity index (χ0v) is 13.3. The zero-order chi connectivity index (χ0) is 15.2. The number of carbonyl (C=O) groups is 1. The minimum absolute atomic E-state index is 0.184. The number of pyridine rings is 1. The van der Waals surface area contributed by atoms with Gasteiger partial charge in [0.2, 0.25) is 0 Å². The van der Waals surface area contributed by atoms with Crippen molar-refractivity contribution in [2.45, 2.75) is 0 Å². The van der Waals surface area contributed by atoms with Crippen molar-refractivity contribution in [3.05, 3.63) is 30.5 Å². The average molecular weight is 326 g/mol. The van der Waals surface area contributed by atoms with E-state index in [1.807, 2.05) is 6.26 Å². The molecule has 0 unspecified atom stereocenters. The van der Waals surface area contributed by atoms with Crippen molar-refractivity contribution in [3.63, 3.8) is 0 Å². The lowest BCUT2D eigenvalue weighted by atomic mass is 10.3. The summed E-state index contributed by atoms with van der Waals surface area (Å²) < 4.78 is 13.2. The van der Waals surface area contributed by atoms with E-state index in [4.69, 9.17) is 0 Å². The second kappa shape index (κ2) is 7.37. The van der Waals surface area contributed by atoms with Gasteiger partial charge in [-0.25, -0.2) is 14.2 Å². The number of hydrogen-bond acceptors (Lipinski definition) is 5. The van der Waals surface area contributed by atoms with E-state index in [1.165, 1.54) is 22.3 Å². The summed E-state index contributed by atoms with van der Waals surface area (Å²) >= 11 is 2.98. The van der Waals surface area contributed by atoms with E-state index >= 15 is 0 Å². The number of urea groups is 1. The maximum atomic E-state index is 13.2. The molecule has 2 heterocycles. The molecule has 5 nitrogen and oxygen atoms in total. The van der Waals surface area contributed by atoms with E-state index in [0.717, 1.165) is 11.9 Å². The molecule has 0 atom stereocenters. The highest BCUT2D eigenvalue weighted by Gasteiger charge is 2.14. The van der Waals surface area contributed by atoms with E-state index in [2.05, 4.69) is 15.3 Å². The monoisotopic (exact) mass is 326 g/mol. The van der Waals surface area contributed by atoms with Crippen molar-refractivity contribution < 1.29 is 9.18 Å². The number of nitrogens with one attached hydrogen (secondary N) is 1. The van der Waals surface area contributed by atoms with E-state index in [-0.39, 0.29) is 6.03 Å². The molecular formula is C13H15FN4OS2. The first-order chi connectivity index (χ1) is 10.1. The summed E-state index contributed by atoms with van der Waals surface area (Å²) in [7, 11) is 1.68. The fourth-order valence-electron chi connectivity index (χ4n) is 1.56. The summed E-state index contributed by atoms with van der Waals surface area (Å²) in [6.45, 7) is 0.615. The largest absolute Gasteiger partial charge is 0.337 e. The minimum Gasteiger partial charge on any atom is -0.337 e. The lowest BCUT2D eigenvalue weighted by Gasteiger charge is -2.15. The van der Waals surface area contributed by atoms with Gasteiger partial charge in [-0.3, -0.25) is 9.88 Å². The van der Waals surface area contributed by atoms with Crippen LogP contribution in [-0.2, 0) is 0 Å². The topological polar surface area (TPSA) is 58.1 Å². The van der Waals surface area contributed by atoms with E-state index in [0.29, 0.717) is 22.1 Å². The molecule has 0 aliphatic rings. The van der Waals surface area contributed by atoms with Crippen LogP contribution >= 0.6 is 23.1 Å². The summed E-state index contributed by atoms with van der Waals surface area (Å²) in [5, 5.41) is 4.13. The Balaban J connectivity index is 2.07. The molecule has 2 rings (SSSR count). The van der Waals surface area contributed by atoms with Gasteiger partial charge in [-0.2, -0.15) is 11.8 Å². The Hall–Kier alpha value is -1.67. The Morgan fingerprint density at radius 2 is 2.29 bits per heavy atom. The van der Waals surface area contributed by atoms with Crippen molar-refractivity contribution in [1.29, 1.82) is 0 Å². The van der Waals surface area contributed by atoms with Crippen molar-refractivity contribution in [1.82, 2.24) is 15.3 Å². The fourth-order valence-corrected chi connectivity index (χ4v) is 2.73. The highest BCUT2D eigenvalue weighted by atomic mass is 32.2. The second-order valence-electron chi connectivity index (χ2n) is 4.18. The molecule has 1 N–H and O–H groups in total. The Morgan fingerprint density at radius 1 is 1.48 bits per heavy atom. The van der Waals surface area contributed by atoms with Crippen molar-refractivity contribution in [2.24, 2.45) is 0 Å². The molecule has 0 radical (unpaired) electrons. The van der Waals surface area contributed by atoms with Crippen LogP contribution in [0.4, 0.5) is 14.2 Å². The number of nitrogens with zero attached hydrogens (tertiary/aromatic N) is 3. The van der Waals surface area contributed by atoms with Gasteiger partial charge >= 0.3 is 6.03 Å². The molecule has 0 saturated heterocycles. The van der Waals surface area contributed by atoms with Crippen LogP contribution < -0.4 is 10.2 Å². The molecule has 8 heteroatoms. The van der Waals surface area contributed by atoms with Gasteiger partial charge in [-0.1, -0.05) is 11.3 Å². The number of thioether (sulfide) groups is 1. The fraction of sp³-hybridized carbons (Fsp3) is 0.308. The number of aromatic nitrogens is 2. The SMILES string of the molecule is CSCCNC(=O)N(C)c1cnc(-c2cncc(F)c2)s1. The molecule has 2 amide bonds. The highest BCUT2D eigenvalue weighted by molar-refractivity contribution is 7.98. The minimum atomic E-state index is -0.410. The zero-order valence-electron chi connectivity index (χ0n) is 11.7. The quantitative estimate of drug-likeness (QED) is 0.859. The van der Waals surface area contributed by atoms with Crippen LogP contribution in [0.2, 0.25) is 0 Å².